The van der Waals surface area contributed by atoms with Gasteiger partial charge in [0.1, 0.15) is 5.56 Å². The van der Waals surface area contributed by atoms with Crippen LogP contribution < -0.4 is 15.8 Å². The van der Waals surface area contributed by atoms with Crippen molar-refractivity contribution in [2.24, 2.45) is 5.92 Å². The third kappa shape index (κ3) is 3.39. The molecule has 0 spiro atoms. The highest BCUT2D eigenvalue weighted by Gasteiger charge is 2.26. The number of carbonyl (C=O) groups excluding carboxylic acids is 2. The average Bonchev–Trinajstić information content (AvgIpc) is 3.15. The van der Waals surface area contributed by atoms with Gasteiger partial charge in [0.25, 0.3) is 11.5 Å². The molecule has 2 heterocycles. The number of aromatic amines is 1. The van der Waals surface area contributed by atoms with Crippen LogP contribution in [-0.4, -0.2) is 29.8 Å². The van der Waals surface area contributed by atoms with Crippen LogP contribution in [0, 0.1) is 5.92 Å². The highest BCUT2D eigenvalue weighted by Crippen LogP contribution is 2.29. The Bertz CT molecular complexity index is 957. The van der Waals surface area contributed by atoms with Crippen molar-refractivity contribution in [2.45, 2.75) is 32.6 Å². The Balaban J connectivity index is 1.64. The van der Waals surface area contributed by atoms with Crippen LogP contribution in [0.2, 0.25) is 0 Å². The maximum atomic E-state index is 12.8. The van der Waals surface area contributed by atoms with Gasteiger partial charge >= 0.3 is 0 Å². The molecule has 1 atom stereocenters. The van der Waals surface area contributed by atoms with E-state index in [9.17, 15) is 14.4 Å². The number of H-pyrrole nitrogens is 1. The Morgan fingerprint density at radius 1 is 1.15 bits per heavy atom. The van der Waals surface area contributed by atoms with E-state index in [0.717, 1.165) is 31.6 Å². The molecule has 1 fully saturated rings. The fourth-order valence-electron chi connectivity index (χ4n) is 4.00. The minimum atomic E-state index is -0.489. The summed E-state index contributed by atoms with van der Waals surface area (Å²) < 4.78 is 0. The molecule has 2 N–H and O–H groups in total. The lowest BCUT2D eigenvalue weighted by molar-refractivity contribution is 0.0952. The van der Waals surface area contributed by atoms with Gasteiger partial charge in [-0.2, -0.15) is 0 Å². The minimum absolute atomic E-state index is 0.0205. The van der Waals surface area contributed by atoms with Crippen LogP contribution in [0.5, 0.6) is 0 Å². The summed E-state index contributed by atoms with van der Waals surface area (Å²) in [5, 5.41) is 2.86. The molecule has 2 aromatic rings. The molecule has 4 rings (SSSR count). The molecule has 1 aromatic heterocycles. The van der Waals surface area contributed by atoms with E-state index >= 15 is 0 Å². The van der Waals surface area contributed by atoms with E-state index in [1.54, 1.807) is 0 Å². The Kier molecular flexibility index (Phi) is 4.56. The highest BCUT2D eigenvalue weighted by atomic mass is 16.2. The van der Waals surface area contributed by atoms with Gasteiger partial charge in [0.2, 0.25) is 0 Å². The molecule has 0 unspecified atom stereocenters. The van der Waals surface area contributed by atoms with Crippen LogP contribution in [0.15, 0.2) is 35.1 Å². The molecule has 0 radical (unpaired) electrons. The number of Topliss-reactive ketones (excluding diaryl/α,β-unsaturated/α-hetero) is 1. The number of carbonyl (C=O) groups is 2. The number of hydrogen-bond donors (Lipinski definition) is 2. The van der Waals surface area contributed by atoms with Crippen molar-refractivity contribution in [1.82, 2.24) is 4.98 Å². The number of nitrogens with zero attached hydrogens (tertiary/aromatic N) is 1. The fourth-order valence-corrected chi connectivity index (χ4v) is 4.00. The molecule has 140 valence electrons. The predicted molar refractivity (Wildman–Crippen MR) is 105 cm³/mol. The standard InChI is InChI=1S/C21H23N3O3/c1-13-10-17-14(19(25)11-13)12-15(21(27)23-17)20(26)22-16-6-2-3-7-18(16)24-8-4-5-9-24/h2-3,6-7,12-13H,4-5,8-11H2,1H3,(H,22,26)(H,23,27)/t13-/m0/s1. The van der Waals surface area contributed by atoms with Crippen LogP contribution in [0.1, 0.15) is 52.6 Å². The van der Waals surface area contributed by atoms with Crippen LogP contribution in [-0.2, 0) is 6.42 Å². The van der Waals surface area contributed by atoms with E-state index in [1.165, 1.54) is 6.07 Å². The third-order valence-electron chi connectivity index (χ3n) is 5.35. The van der Waals surface area contributed by atoms with Crippen LogP contribution in [0.3, 0.4) is 0 Å². The number of benzene rings is 1. The largest absolute Gasteiger partial charge is 0.370 e. The number of fused-ring (bicyclic) bond motifs is 1. The van der Waals surface area contributed by atoms with Crippen molar-refractivity contribution in [1.29, 1.82) is 0 Å². The lowest BCUT2D eigenvalue weighted by Gasteiger charge is -2.22. The van der Waals surface area contributed by atoms with Crippen molar-refractivity contribution in [2.75, 3.05) is 23.3 Å². The number of hydrogen-bond acceptors (Lipinski definition) is 4. The summed E-state index contributed by atoms with van der Waals surface area (Å²) in [6, 6.07) is 9.07. The molecule has 1 aliphatic heterocycles. The number of aromatic nitrogens is 1. The summed E-state index contributed by atoms with van der Waals surface area (Å²) in [4.78, 5) is 42.5. The first-order valence-corrected chi connectivity index (χ1v) is 9.47. The van der Waals surface area contributed by atoms with Gasteiger partial charge in [-0.05, 0) is 43.4 Å². The summed E-state index contributed by atoms with van der Waals surface area (Å²) in [6.07, 6.45) is 3.36. The first kappa shape index (κ1) is 17.5. The van der Waals surface area contributed by atoms with Crippen LogP contribution >= 0.6 is 0 Å². The fraction of sp³-hybridized carbons (Fsp3) is 0.381. The van der Waals surface area contributed by atoms with Crippen molar-refractivity contribution in [3.05, 3.63) is 57.5 Å². The number of anilines is 2. The zero-order valence-electron chi connectivity index (χ0n) is 15.4. The topological polar surface area (TPSA) is 82.3 Å². The van der Waals surface area contributed by atoms with E-state index in [4.69, 9.17) is 0 Å². The number of nitrogens with one attached hydrogen (secondary N) is 2. The second-order valence-corrected chi connectivity index (χ2v) is 7.51. The van der Waals surface area contributed by atoms with Crippen molar-refractivity contribution < 1.29 is 9.59 Å². The Labute approximate surface area is 157 Å². The summed E-state index contributed by atoms with van der Waals surface area (Å²) >= 11 is 0. The second kappa shape index (κ2) is 7.02. The van der Waals surface area contributed by atoms with E-state index < -0.39 is 11.5 Å². The summed E-state index contributed by atoms with van der Waals surface area (Å²) in [7, 11) is 0. The number of para-hydroxylation sites is 2. The van der Waals surface area contributed by atoms with E-state index in [-0.39, 0.29) is 17.3 Å². The number of ketones is 1. The third-order valence-corrected chi connectivity index (χ3v) is 5.35. The average molecular weight is 365 g/mol. The van der Waals surface area contributed by atoms with E-state index in [1.807, 2.05) is 31.2 Å². The molecule has 0 bridgehead atoms. The number of pyridine rings is 1. The first-order chi connectivity index (χ1) is 13.0. The molecule has 1 aliphatic carbocycles. The van der Waals surface area contributed by atoms with Crippen molar-refractivity contribution in [3.8, 4) is 0 Å². The smallest absolute Gasteiger partial charge is 0.261 e. The molecule has 1 amide bonds. The summed E-state index contributed by atoms with van der Waals surface area (Å²) in [5.41, 5.74) is 2.27. The Morgan fingerprint density at radius 3 is 2.67 bits per heavy atom. The quantitative estimate of drug-likeness (QED) is 0.876. The molecule has 6 heteroatoms. The molecule has 2 aliphatic rings. The number of rotatable bonds is 3. The lowest BCUT2D eigenvalue weighted by atomic mass is 9.86. The Morgan fingerprint density at radius 2 is 1.89 bits per heavy atom. The van der Waals surface area contributed by atoms with E-state index in [2.05, 4.69) is 15.2 Å². The minimum Gasteiger partial charge on any atom is -0.370 e. The molecule has 27 heavy (non-hydrogen) atoms. The Hall–Kier alpha value is -2.89. The van der Waals surface area contributed by atoms with Gasteiger partial charge in [0, 0.05) is 30.8 Å². The van der Waals surface area contributed by atoms with Gasteiger partial charge in [-0.1, -0.05) is 19.1 Å². The molecular formula is C21H23N3O3. The van der Waals surface area contributed by atoms with Crippen molar-refractivity contribution >= 4 is 23.1 Å². The molecule has 6 nitrogen and oxygen atoms in total. The first-order valence-electron chi connectivity index (χ1n) is 9.47. The molecule has 1 aromatic carbocycles. The van der Waals surface area contributed by atoms with Gasteiger partial charge in [-0.15, -0.1) is 0 Å². The van der Waals surface area contributed by atoms with Crippen LogP contribution in [0.4, 0.5) is 11.4 Å². The molecule has 0 saturated carbocycles. The highest BCUT2D eigenvalue weighted by molar-refractivity contribution is 6.07. The normalized spacial score (nSPS) is 19.1. The van der Waals surface area contributed by atoms with Gasteiger partial charge in [-0.3, -0.25) is 14.4 Å². The second-order valence-electron chi connectivity index (χ2n) is 7.51. The summed E-state index contributed by atoms with van der Waals surface area (Å²) in [6.45, 7) is 3.90. The zero-order valence-corrected chi connectivity index (χ0v) is 15.4. The van der Waals surface area contributed by atoms with Crippen molar-refractivity contribution in [3.63, 3.8) is 0 Å². The summed E-state index contributed by atoms with van der Waals surface area (Å²) in [5.74, 6) is -0.309. The maximum Gasteiger partial charge on any atom is 0.261 e. The maximum absolute atomic E-state index is 12.8. The predicted octanol–water partition coefficient (Wildman–Crippen LogP) is 2.99. The van der Waals surface area contributed by atoms with E-state index in [0.29, 0.717) is 29.8 Å². The van der Waals surface area contributed by atoms with Gasteiger partial charge in [-0.25, -0.2) is 0 Å². The molecular weight excluding hydrogens is 342 g/mol. The van der Waals surface area contributed by atoms with Gasteiger partial charge < -0.3 is 15.2 Å². The monoisotopic (exact) mass is 365 g/mol. The number of amides is 1. The molecule has 1 saturated heterocycles. The zero-order chi connectivity index (χ0) is 19.0. The SMILES string of the molecule is C[C@@H]1CC(=O)c2cc(C(=O)Nc3ccccc3N3CCCC3)c(=O)[nH]c2C1. The van der Waals surface area contributed by atoms with Gasteiger partial charge in [0.15, 0.2) is 5.78 Å². The van der Waals surface area contributed by atoms with Crippen LogP contribution in [0.25, 0.3) is 0 Å². The van der Waals surface area contributed by atoms with Gasteiger partial charge in [0.05, 0.1) is 11.4 Å². The lowest BCUT2D eigenvalue weighted by Crippen LogP contribution is -2.29.